The summed E-state index contributed by atoms with van der Waals surface area (Å²) in [5.41, 5.74) is 1.78. The minimum Gasteiger partial charge on any atom is -0.423 e. The first-order chi connectivity index (χ1) is 11.2. The van der Waals surface area contributed by atoms with Gasteiger partial charge < -0.3 is 9.25 Å². The average Bonchev–Trinajstić information content (AvgIpc) is 2.96. The lowest BCUT2D eigenvalue weighted by atomic mass is 10.1. The Bertz CT molecular complexity index is 947. The molecule has 0 radical (unpaired) electrons. The molecule has 0 fully saturated rings. The fraction of sp³-hybridized carbons (Fsp3) is 0.111. The highest BCUT2D eigenvalue weighted by atomic mass is 16.7. The highest BCUT2D eigenvalue weighted by Gasteiger charge is 2.30. The van der Waals surface area contributed by atoms with Crippen molar-refractivity contribution in [1.29, 1.82) is 0 Å². The van der Waals surface area contributed by atoms with Gasteiger partial charge >= 0.3 is 5.63 Å². The van der Waals surface area contributed by atoms with E-state index >= 15 is 0 Å². The maximum absolute atomic E-state index is 11.9. The zero-order valence-corrected chi connectivity index (χ0v) is 12.5. The minimum atomic E-state index is -0.408. The second-order valence-corrected chi connectivity index (χ2v) is 5.30. The Labute approximate surface area is 132 Å². The third kappa shape index (κ3) is 2.26. The van der Waals surface area contributed by atoms with Crippen LogP contribution in [-0.4, -0.2) is 12.1 Å². The molecule has 1 aromatic heterocycles. The molecule has 1 unspecified atom stereocenters. The van der Waals surface area contributed by atoms with E-state index in [4.69, 9.17) is 9.25 Å². The van der Waals surface area contributed by atoms with Gasteiger partial charge in [-0.1, -0.05) is 41.6 Å². The summed E-state index contributed by atoms with van der Waals surface area (Å²) in [5.74, 6) is 0.604. The number of hydrogen-bond donors (Lipinski definition) is 0. The van der Waals surface area contributed by atoms with Crippen LogP contribution in [0.4, 0.5) is 5.69 Å². The van der Waals surface area contributed by atoms with Crippen molar-refractivity contribution in [2.75, 3.05) is 4.90 Å². The van der Waals surface area contributed by atoms with Crippen LogP contribution in [0.1, 0.15) is 12.5 Å². The van der Waals surface area contributed by atoms with Gasteiger partial charge in [0.05, 0.1) is 0 Å². The van der Waals surface area contributed by atoms with Crippen molar-refractivity contribution in [1.82, 2.24) is 0 Å². The van der Waals surface area contributed by atoms with Gasteiger partial charge in [-0.2, -0.15) is 0 Å². The molecule has 0 saturated heterocycles. The normalized spacial score (nSPS) is 17.2. The maximum atomic E-state index is 11.9. The van der Waals surface area contributed by atoms with Crippen LogP contribution in [0.25, 0.3) is 11.0 Å². The number of hydrogen-bond acceptors (Lipinski definition) is 5. The molecule has 3 aromatic rings. The summed E-state index contributed by atoms with van der Waals surface area (Å²) in [6.45, 7) is 1.91. The lowest BCUT2D eigenvalue weighted by Gasteiger charge is -2.23. The first-order valence-corrected chi connectivity index (χ1v) is 7.35. The molecule has 0 N–H and O–H groups in total. The number of oxime groups is 1. The van der Waals surface area contributed by atoms with E-state index in [1.807, 2.05) is 60.4 Å². The molecule has 1 aliphatic heterocycles. The Kier molecular flexibility index (Phi) is 3.12. The number of fused-ring (bicyclic) bond motifs is 1. The van der Waals surface area contributed by atoms with Crippen molar-refractivity contribution in [2.45, 2.75) is 13.2 Å². The van der Waals surface area contributed by atoms with Crippen LogP contribution < -0.4 is 10.5 Å². The zero-order chi connectivity index (χ0) is 15.8. The summed E-state index contributed by atoms with van der Waals surface area (Å²) < 4.78 is 5.26. The van der Waals surface area contributed by atoms with E-state index in [0.717, 1.165) is 11.1 Å². The molecule has 5 nitrogen and oxygen atoms in total. The molecule has 5 heteroatoms. The predicted molar refractivity (Wildman–Crippen MR) is 88.5 cm³/mol. The van der Waals surface area contributed by atoms with Crippen LogP contribution >= 0.6 is 0 Å². The number of anilines is 1. The van der Waals surface area contributed by atoms with Crippen LogP contribution in [0.5, 0.6) is 0 Å². The zero-order valence-electron chi connectivity index (χ0n) is 12.5. The summed E-state index contributed by atoms with van der Waals surface area (Å²) >= 11 is 0. The molecule has 23 heavy (non-hydrogen) atoms. The molecule has 0 saturated carbocycles. The van der Waals surface area contributed by atoms with Crippen LogP contribution in [0.15, 0.2) is 75.0 Å². The molecule has 2 heterocycles. The van der Waals surface area contributed by atoms with E-state index in [0.29, 0.717) is 17.0 Å². The third-order valence-corrected chi connectivity index (χ3v) is 3.81. The Morgan fingerprint density at radius 2 is 1.78 bits per heavy atom. The number of benzene rings is 2. The first kappa shape index (κ1) is 13.6. The molecule has 1 atom stereocenters. The number of nitrogens with zero attached hydrogens (tertiary/aromatic N) is 2. The van der Waals surface area contributed by atoms with Crippen molar-refractivity contribution < 1.29 is 9.25 Å². The van der Waals surface area contributed by atoms with E-state index in [1.54, 1.807) is 6.07 Å². The fourth-order valence-electron chi connectivity index (χ4n) is 2.79. The van der Waals surface area contributed by atoms with Gasteiger partial charge in [0.25, 0.3) is 0 Å². The molecule has 0 amide bonds. The minimum absolute atomic E-state index is 0.251. The smallest absolute Gasteiger partial charge is 0.336 e. The second-order valence-electron chi connectivity index (χ2n) is 5.30. The predicted octanol–water partition coefficient (Wildman–Crippen LogP) is 3.34. The largest absolute Gasteiger partial charge is 0.423 e. The van der Waals surface area contributed by atoms with E-state index in [9.17, 15) is 4.79 Å². The van der Waals surface area contributed by atoms with E-state index in [1.165, 1.54) is 6.07 Å². The summed E-state index contributed by atoms with van der Waals surface area (Å²) in [5, 5.41) is 5.02. The molecular weight excluding hydrogens is 292 g/mol. The van der Waals surface area contributed by atoms with Gasteiger partial charge in [0.1, 0.15) is 5.58 Å². The van der Waals surface area contributed by atoms with Gasteiger partial charge in [0.2, 0.25) is 6.23 Å². The van der Waals surface area contributed by atoms with Gasteiger partial charge in [0.15, 0.2) is 5.84 Å². The average molecular weight is 306 g/mol. The van der Waals surface area contributed by atoms with Crippen LogP contribution in [-0.2, 0) is 4.84 Å². The Morgan fingerprint density at radius 1 is 1.04 bits per heavy atom. The lowest BCUT2D eigenvalue weighted by molar-refractivity contribution is 0.100. The van der Waals surface area contributed by atoms with E-state index in [2.05, 4.69) is 5.16 Å². The molecular formula is C18H14N2O3. The van der Waals surface area contributed by atoms with Gasteiger partial charge in [-0.05, 0) is 25.1 Å². The topological polar surface area (TPSA) is 55.0 Å². The van der Waals surface area contributed by atoms with Crippen molar-refractivity contribution in [3.05, 3.63) is 76.6 Å². The SMILES string of the molecule is CC1ON=C(c2cc(=O)oc3ccccc23)N1c1ccccc1. The van der Waals surface area contributed by atoms with E-state index in [-0.39, 0.29) is 6.23 Å². The molecule has 114 valence electrons. The van der Waals surface area contributed by atoms with Gasteiger partial charge in [-0.15, -0.1) is 0 Å². The first-order valence-electron chi connectivity index (χ1n) is 7.35. The van der Waals surface area contributed by atoms with Gasteiger partial charge in [-0.25, -0.2) is 4.79 Å². The van der Waals surface area contributed by atoms with Gasteiger partial charge in [0, 0.05) is 22.7 Å². The number of rotatable bonds is 2. The quantitative estimate of drug-likeness (QED) is 0.681. The summed E-state index contributed by atoms with van der Waals surface area (Å²) in [7, 11) is 0. The monoisotopic (exact) mass is 306 g/mol. The summed E-state index contributed by atoms with van der Waals surface area (Å²) in [4.78, 5) is 19.3. The fourth-order valence-corrected chi connectivity index (χ4v) is 2.79. The Hall–Kier alpha value is -3.08. The standard InChI is InChI=1S/C18H14N2O3/c1-12-20(13-7-3-2-4-8-13)18(19-23-12)15-11-17(21)22-16-10-6-5-9-14(15)16/h2-12H,1H3. The lowest BCUT2D eigenvalue weighted by Crippen LogP contribution is -2.35. The summed E-state index contributed by atoms with van der Waals surface area (Å²) in [6.07, 6.45) is -0.251. The Balaban J connectivity index is 1.92. The molecule has 0 spiro atoms. The molecule has 0 aliphatic carbocycles. The van der Waals surface area contributed by atoms with Crippen LogP contribution in [0.3, 0.4) is 0 Å². The van der Waals surface area contributed by atoms with Crippen LogP contribution in [0.2, 0.25) is 0 Å². The molecule has 4 rings (SSSR count). The molecule has 2 aromatic carbocycles. The van der Waals surface area contributed by atoms with Gasteiger partial charge in [-0.3, -0.25) is 4.90 Å². The van der Waals surface area contributed by atoms with E-state index < -0.39 is 5.63 Å². The van der Waals surface area contributed by atoms with Crippen molar-refractivity contribution in [3.63, 3.8) is 0 Å². The Morgan fingerprint density at radius 3 is 2.61 bits per heavy atom. The summed E-state index contributed by atoms with van der Waals surface area (Å²) in [6, 6.07) is 18.7. The highest BCUT2D eigenvalue weighted by Crippen LogP contribution is 2.28. The van der Waals surface area contributed by atoms with Crippen molar-refractivity contribution >= 4 is 22.5 Å². The highest BCUT2D eigenvalue weighted by molar-refractivity contribution is 6.16. The van der Waals surface area contributed by atoms with Crippen LogP contribution in [0, 0.1) is 0 Å². The third-order valence-electron chi connectivity index (χ3n) is 3.81. The second kappa shape index (κ2) is 5.28. The van der Waals surface area contributed by atoms with Crippen molar-refractivity contribution in [3.8, 4) is 0 Å². The van der Waals surface area contributed by atoms with Crippen molar-refractivity contribution in [2.24, 2.45) is 5.16 Å². The molecule has 0 bridgehead atoms. The number of amidine groups is 1. The number of para-hydroxylation sites is 2. The maximum Gasteiger partial charge on any atom is 0.336 e. The molecule has 1 aliphatic rings.